The predicted octanol–water partition coefficient (Wildman–Crippen LogP) is 6.12. The first kappa shape index (κ1) is 21.1. The minimum atomic E-state index is -0.551. The summed E-state index contributed by atoms with van der Waals surface area (Å²) < 4.78 is 0. The van der Waals surface area contributed by atoms with Crippen LogP contribution in [0.3, 0.4) is 0 Å². The van der Waals surface area contributed by atoms with Crippen LogP contribution >= 0.6 is 0 Å². The van der Waals surface area contributed by atoms with E-state index in [0.29, 0.717) is 11.1 Å². The molecule has 4 heteroatoms. The fourth-order valence-corrected chi connectivity index (χ4v) is 3.55. The Kier molecular flexibility index (Phi) is 6.73. The summed E-state index contributed by atoms with van der Waals surface area (Å²) in [5.74, 6) is 0.274. The number of hydrogen-bond donors (Lipinski definition) is 2. The zero-order valence-electron chi connectivity index (χ0n) is 17.5. The van der Waals surface area contributed by atoms with Crippen LogP contribution in [0.15, 0.2) is 119 Å². The Hall–Kier alpha value is -4.18. The predicted molar refractivity (Wildman–Crippen MR) is 130 cm³/mol. The molecule has 0 amide bonds. The van der Waals surface area contributed by atoms with Gasteiger partial charge in [0.2, 0.25) is 0 Å². The van der Waals surface area contributed by atoms with E-state index in [2.05, 4.69) is 0 Å². The molecule has 0 heterocycles. The summed E-state index contributed by atoms with van der Waals surface area (Å²) in [4.78, 5) is 9.69. The lowest BCUT2D eigenvalue weighted by molar-refractivity contribution is 0.438. The normalized spacial score (nSPS) is 13.4. The summed E-state index contributed by atoms with van der Waals surface area (Å²) in [5.41, 5.74) is 3.16. The van der Waals surface area contributed by atoms with Gasteiger partial charge in [-0.2, -0.15) is 0 Å². The Labute approximate surface area is 187 Å². The zero-order chi connectivity index (χ0) is 22.2. The van der Waals surface area contributed by atoms with Gasteiger partial charge in [-0.05, 0) is 23.3 Å². The van der Waals surface area contributed by atoms with Gasteiger partial charge in [0, 0.05) is 23.6 Å². The van der Waals surface area contributed by atoms with Gasteiger partial charge in [-0.15, -0.1) is 0 Å². The molecular formula is C28H24N2O2. The molecule has 0 aliphatic rings. The molecule has 0 saturated carbocycles. The molecule has 0 aromatic heterocycles. The lowest BCUT2D eigenvalue weighted by Crippen LogP contribution is -2.10. The van der Waals surface area contributed by atoms with Gasteiger partial charge in [0.15, 0.2) is 0 Å². The highest BCUT2D eigenvalue weighted by atomic mass is 16.3. The van der Waals surface area contributed by atoms with Crippen molar-refractivity contribution in [1.82, 2.24) is 0 Å². The summed E-state index contributed by atoms with van der Waals surface area (Å²) in [6, 6.07) is 32.7. The molecule has 4 rings (SSSR count). The number of hydrogen-bond acceptors (Lipinski definition) is 4. The van der Waals surface area contributed by atoms with Crippen LogP contribution in [0.2, 0.25) is 0 Å². The van der Waals surface area contributed by atoms with Gasteiger partial charge < -0.3 is 10.2 Å². The molecule has 2 atom stereocenters. The topological polar surface area (TPSA) is 65.2 Å². The molecule has 4 nitrogen and oxygen atoms in total. The van der Waals surface area contributed by atoms with Crippen LogP contribution < -0.4 is 0 Å². The van der Waals surface area contributed by atoms with E-state index in [9.17, 15) is 10.2 Å². The molecule has 0 bridgehead atoms. The van der Waals surface area contributed by atoms with Gasteiger partial charge in [0.25, 0.3) is 0 Å². The third kappa shape index (κ3) is 5.10. The third-order valence-corrected chi connectivity index (χ3v) is 5.18. The SMILES string of the molecule is Oc1ccccc1[C@@H](N=Cc1ccccc1)[C@H](N=Cc1ccccc1)c1ccccc1O. The van der Waals surface area contributed by atoms with Crippen molar-refractivity contribution in [1.29, 1.82) is 0 Å². The van der Waals surface area contributed by atoms with E-state index in [0.717, 1.165) is 11.1 Å². The van der Waals surface area contributed by atoms with Crippen molar-refractivity contribution in [2.45, 2.75) is 12.1 Å². The van der Waals surface area contributed by atoms with Gasteiger partial charge in [0.1, 0.15) is 23.6 Å². The van der Waals surface area contributed by atoms with Crippen LogP contribution in [0.25, 0.3) is 0 Å². The minimum Gasteiger partial charge on any atom is -0.508 e. The summed E-state index contributed by atoms with van der Waals surface area (Å²) >= 11 is 0. The lowest BCUT2D eigenvalue weighted by Gasteiger charge is -2.23. The van der Waals surface area contributed by atoms with Crippen LogP contribution in [0.5, 0.6) is 11.5 Å². The van der Waals surface area contributed by atoms with E-state index in [1.807, 2.05) is 84.9 Å². The standard InChI is InChI=1S/C28H24N2O2/c31-25-17-9-7-15-23(25)27(29-19-21-11-3-1-4-12-21)28(24-16-8-10-18-26(24)32)30-20-22-13-5-2-6-14-22/h1-20,27-28,31-32H/t27-,28-/m1/s1. The van der Waals surface area contributed by atoms with Crippen LogP contribution in [-0.4, -0.2) is 22.6 Å². The number of phenols is 2. The molecule has 4 aromatic rings. The first-order chi connectivity index (χ1) is 15.7. The van der Waals surface area contributed by atoms with Gasteiger partial charge >= 0.3 is 0 Å². The highest BCUT2D eigenvalue weighted by Crippen LogP contribution is 2.41. The fourth-order valence-electron chi connectivity index (χ4n) is 3.55. The maximum absolute atomic E-state index is 10.6. The average molecular weight is 421 g/mol. The number of phenolic OH excluding ortho intramolecular Hbond substituents is 2. The Bertz CT molecular complexity index is 1110. The number of rotatable bonds is 7. The largest absolute Gasteiger partial charge is 0.508 e. The summed E-state index contributed by atoms with van der Waals surface area (Å²) in [6.07, 6.45) is 3.56. The Morgan fingerprint density at radius 2 is 0.812 bits per heavy atom. The molecular weight excluding hydrogens is 396 g/mol. The quantitative estimate of drug-likeness (QED) is 0.354. The summed E-state index contributed by atoms with van der Waals surface area (Å²) in [6.45, 7) is 0. The number of para-hydroxylation sites is 2. The second-order valence-electron chi connectivity index (χ2n) is 7.39. The third-order valence-electron chi connectivity index (χ3n) is 5.18. The second kappa shape index (κ2) is 10.2. The van der Waals surface area contributed by atoms with Crippen molar-refractivity contribution in [2.75, 3.05) is 0 Å². The van der Waals surface area contributed by atoms with E-state index >= 15 is 0 Å². The lowest BCUT2D eigenvalue weighted by atomic mass is 9.92. The maximum atomic E-state index is 10.6. The molecule has 0 aliphatic heterocycles. The maximum Gasteiger partial charge on any atom is 0.121 e. The van der Waals surface area contributed by atoms with Crippen LogP contribution in [0.4, 0.5) is 0 Å². The fraction of sp³-hybridized carbons (Fsp3) is 0.0714. The molecule has 2 N–H and O–H groups in total. The van der Waals surface area contributed by atoms with Gasteiger partial charge in [-0.25, -0.2) is 0 Å². The number of aromatic hydroxyl groups is 2. The Balaban J connectivity index is 1.83. The van der Waals surface area contributed by atoms with Crippen molar-refractivity contribution < 1.29 is 10.2 Å². The molecule has 158 valence electrons. The molecule has 0 unspecified atom stereocenters. The van der Waals surface area contributed by atoms with Gasteiger partial charge in [0.05, 0.1) is 0 Å². The van der Waals surface area contributed by atoms with Crippen molar-refractivity contribution in [3.05, 3.63) is 131 Å². The Morgan fingerprint density at radius 1 is 0.469 bits per heavy atom. The molecule has 0 aliphatic carbocycles. The minimum absolute atomic E-state index is 0.137. The molecule has 4 aromatic carbocycles. The first-order valence-electron chi connectivity index (χ1n) is 10.4. The van der Waals surface area contributed by atoms with E-state index in [4.69, 9.17) is 9.98 Å². The highest BCUT2D eigenvalue weighted by Gasteiger charge is 2.27. The number of nitrogens with zero attached hydrogens (tertiary/aromatic N) is 2. The van der Waals surface area contributed by atoms with Crippen molar-refractivity contribution in [3.63, 3.8) is 0 Å². The molecule has 32 heavy (non-hydrogen) atoms. The van der Waals surface area contributed by atoms with Crippen LogP contribution in [-0.2, 0) is 0 Å². The number of aliphatic imine (C=N–C) groups is 2. The van der Waals surface area contributed by atoms with E-state index in [-0.39, 0.29) is 11.5 Å². The number of benzene rings is 4. The van der Waals surface area contributed by atoms with Crippen LogP contribution in [0.1, 0.15) is 34.3 Å². The van der Waals surface area contributed by atoms with Crippen molar-refractivity contribution in [3.8, 4) is 11.5 Å². The van der Waals surface area contributed by atoms with Gasteiger partial charge in [-0.1, -0.05) is 97.1 Å². The summed E-state index contributed by atoms with van der Waals surface area (Å²) in [7, 11) is 0. The molecule has 0 saturated heterocycles. The Morgan fingerprint density at radius 3 is 1.19 bits per heavy atom. The molecule has 0 spiro atoms. The zero-order valence-corrected chi connectivity index (χ0v) is 17.5. The molecule has 0 radical (unpaired) electrons. The second-order valence-corrected chi connectivity index (χ2v) is 7.39. The van der Waals surface area contributed by atoms with E-state index < -0.39 is 12.1 Å². The van der Waals surface area contributed by atoms with Crippen LogP contribution in [0, 0.1) is 0 Å². The summed E-state index contributed by atoms with van der Waals surface area (Å²) in [5, 5.41) is 21.3. The van der Waals surface area contributed by atoms with E-state index in [1.165, 1.54) is 0 Å². The average Bonchev–Trinajstić information content (AvgIpc) is 2.84. The molecule has 0 fully saturated rings. The van der Waals surface area contributed by atoms with Gasteiger partial charge in [-0.3, -0.25) is 9.98 Å². The van der Waals surface area contributed by atoms with Crippen molar-refractivity contribution in [2.24, 2.45) is 9.98 Å². The van der Waals surface area contributed by atoms with E-state index in [1.54, 1.807) is 36.7 Å². The smallest absolute Gasteiger partial charge is 0.121 e. The monoisotopic (exact) mass is 420 g/mol. The van der Waals surface area contributed by atoms with Crippen molar-refractivity contribution >= 4 is 12.4 Å². The first-order valence-corrected chi connectivity index (χ1v) is 10.4. The highest BCUT2D eigenvalue weighted by molar-refractivity contribution is 5.81.